The van der Waals surface area contributed by atoms with Crippen LogP contribution >= 0.6 is 0 Å². The third-order valence-electron chi connectivity index (χ3n) is 3.24. The molecular formula is C17H31N3O2. The summed E-state index contributed by atoms with van der Waals surface area (Å²) in [6.07, 6.45) is 6.77. The van der Waals surface area contributed by atoms with E-state index in [0.29, 0.717) is 12.5 Å². The van der Waals surface area contributed by atoms with Crippen LogP contribution in [0.3, 0.4) is 0 Å². The third-order valence-corrected chi connectivity index (χ3v) is 3.24. The molecule has 1 rings (SSSR count). The zero-order valence-electron chi connectivity index (χ0n) is 14.0. The SMILES string of the molecule is CC(C)CN=C(NCCCCCCO)NCCc1ccco1. The van der Waals surface area contributed by atoms with Crippen LogP contribution in [0.2, 0.25) is 0 Å². The summed E-state index contributed by atoms with van der Waals surface area (Å²) in [5, 5.41) is 15.5. The standard InChI is InChI=1S/C17H31N3O2/c1-15(2)14-20-17(18-10-5-3-4-6-12-21)19-11-9-16-8-7-13-22-16/h7-8,13,15,21H,3-6,9-12,14H2,1-2H3,(H2,18,19,20). The summed E-state index contributed by atoms with van der Waals surface area (Å²) >= 11 is 0. The molecule has 0 fully saturated rings. The summed E-state index contributed by atoms with van der Waals surface area (Å²) < 4.78 is 5.33. The highest BCUT2D eigenvalue weighted by atomic mass is 16.3. The highest BCUT2D eigenvalue weighted by Crippen LogP contribution is 2.00. The van der Waals surface area contributed by atoms with Crippen LogP contribution in [-0.4, -0.2) is 37.3 Å². The molecule has 0 saturated carbocycles. The van der Waals surface area contributed by atoms with Gasteiger partial charge in [-0.1, -0.05) is 26.7 Å². The maximum atomic E-state index is 8.76. The monoisotopic (exact) mass is 309 g/mol. The molecule has 0 aliphatic carbocycles. The second-order valence-corrected chi connectivity index (χ2v) is 5.90. The Hall–Kier alpha value is -1.49. The molecule has 5 nitrogen and oxygen atoms in total. The maximum absolute atomic E-state index is 8.76. The zero-order valence-corrected chi connectivity index (χ0v) is 14.0. The number of furan rings is 1. The summed E-state index contributed by atoms with van der Waals surface area (Å²) in [5.74, 6) is 2.41. The van der Waals surface area contributed by atoms with Gasteiger partial charge in [0.2, 0.25) is 0 Å². The minimum absolute atomic E-state index is 0.295. The first kappa shape index (κ1) is 18.6. The van der Waals surface area contributed by atoms with Crippen LogP contribution in [0.1, 0.15) is 45.3 Å². The molecule has 1 aromatic rings. The van der Waals surface area contributed by atoms with Gasteiger partial charge in [0, 0.05) is 32.7 Å². The maximum Gasteiger partial charge on any atom is 0.191 e. The van der Waals surface area contributed by atoms with Gasteiger partial charge in [-0.15, -0.1) is 0 Å². The highest BCUT2D eigenvalue weighted by Gasteiger charge is 2.01. The Morgan fingerprint density at radius 2 is 1.95 bits per heavy atom. The smallest absolute Gasteiger partial charge is 0.191 e. The predicted molar refractivity (Wildman–Crippen MR) is 91.1 cm³/mol. The molecule has 3 N–H and O–H groups in total. The van der Waals surface area contributed by atoms with Gasteiger partial charge in [0.05, 0.1) is 6.26 Å². The van der Waals surface area contributed by atoms with Crippen molar-refractivity contribution in [1.82, 2.24) is 10.6 Å². The molecule has 0 atom stereocenters. The van der Waals surface area contributed by atoms with E-state index in [1.54, 1.807) is 6.26 Å². The van der Waals surface area contributed by atoms with Gasteiger partial charge in [-0.3, -0.25) is 4.99 Å². The number of rotatable bonds is 11. The molecule has 1 heterocycles. The quantitative estimate of drug-likeness (QED) is 0.334. The van der Waals surface area contributed by atoms with Crippen molar-refractivity contribution in [1.29, 1.82) is 0 Å². The predicted octanol–water partition coefficient (Wildman–Crippen LogP) is 2.57. The van der Waals surface area contributed by atoms with Crippen LogP contribution in [0.25, 0.3) is 0 Å². The summed E-state index contributed by atoms with van der Waals surface area (Å²) in [6.45, 7) is 7.17. The molecule has 0 aliphatic rings. The van der Waals surface area contributed by atoms with Gasteiger partial charge in [0.15, 0.2) is 5.96 Å². The number of guanidine groups is 1. The van der Waals surface area contributed by atoms with E-state index in [1.807, 2.05) is 12.1 Å². The van der Waals surface area contributed by atoms with E-state index in [9.17, 15) is 0 Å². The first-order chi connectivity index (χ1) is 10.7. The minimum atomic E-state index is 0.295. The third kappa shape index (κ3) is 9.45. The number of hydrogen-bond donors (Lipinski definition) is 3. The summed E-state index contributed by atoms with van der Waals surface area (Å²) in [7, 11) is 0. The van der Waals surface area contributed by atoms with Crippen molar-refractivity contribution in [3.05, 3.63) is 24.2 Å². The molecule has 0 radical (unpaired) electrons. The van der Waals surface area contributed by atoms with Crippen molar-refractivity contribution in [2.45, 2.75) is 46.0 Å². The van der Waals surface area contributed by atoms with Crippen molar-refractivity contribution < 1.29 is 9.52 Å². The van der Waals surface area contributed by atoms with Crippen LogP contribution in [-0.2, 0) is 6.42 Å². The zero-order chi connectivity index (χ0) is 16.0. The number of aliphatic hydroxyl groups excluding tert-OH is 1. The lowest BCUT2D eigenvalue weighted by Gasteiger charge is -2.13. The average Bonchev–Trinajstić information content (AvgIpc) is 3.00. The summed E-state index contributed by atoms with van der Waals surface area (Å²) in [6, 6.07) is 3.90. The lowest BCUT2D eigenvalue weighted by atomic mass is 10.2. The average molecular weight is 309 g/mol. The molecule has 0 bridgehead atoms. The molecule has 126 valence electrons. The fourth-order valence-corrected chi connectivity index (χ4v) is 2.00. The number of nitrogens with zero attached hydrogens (tertiary/aromatic N) is 1. The van der Waals surface area contributed by atoms with Crippen LogP contribution in [0.5, 0.6) is 0 Å². The van der Waals surface area contributed by atoms with E-state index >= 15 is 0 Å². The van der Waals surface area contributed by atoms with Gasteiger partial charge in [-0.05, 0) is 30.9 Å². The normalized spacial score (nSPS) is 11.9. The lowest BCUT2D eigenvalue weighted by molar-refractivity contribution is 0.282. The molecule has 1 aromatic heterocycles. The first-order valence-electron chi connectivity index (χ1n) is 8.37. The highest BCUT2D eigenvalue weighted by molar-refractivity contribution is 5.79. The van der Waals surface area contributed by atoms with E-state index in [1.165, 1.54) is 0 Å². The number of hydrogen-bond acceptors (Lipinski definition) is 3. The van der Waals surface area contributed by atoms with Gasteiger partial charge in [-0.2, -0.15) is 0 Å². The molecule has 0 aliphatic heterocycles. The van der Waals surface area contributed by atoms with Gasteiger partial charge >= 0.3 is 0 Å². The van der Waals surface area contributed by atoms with E-state index in [0.717, 1.165) is 63.5 Å². The Labute approximate surface area is 134 Å². The fourth-order valence-electron chi connectivity index (χ4n) is 2.00. The second-order valence-electron chi connectivity index (χ2n) is 5.90. The van der Waals surface area contributed by atoms with Crippen LogP contribution in [0, 0.1) is 5.92 Å². The molecule has 0 saturated heterocycles. The van der Waals surface area contributed by atoms with Crippen molar-refractivity contribution in [3.8, 4) is 0 Å². The Morgan fingerprint density at radius 3 is 2.64 bits per heavy atom. The molecule has 0 spiro atoms. The van der Waals surface area contributed by atoms with E-state index in [2.05, 4.69) is 29.5 Å². The van der Waals surface area contributed by atoms with Crippen molar-refractivity contribution >= 4 is 5.96 Å². The van der Waals surface area contributed by atoms with E-state index in [4.69, 9.17) is 9.52 Å². The van der Waals surface area contributed by atoms with Gasteiger partial charge in [-0.25, -0.2) is 0 Å². The van der Waals surface area contributed by atoms with E-state index < -0.39 is 0 Å². The fraction of sp³-hybridized carbons (Fsp3) is 0.706. The van der Waals surface area contributed by atoms with Crippen LogP contribution < -0.4 is 10.6 Å². The van der Waals surface area contributed by atoms with Gasteiger partial charge < -0.3 is 20.2 Å². The Morgan fingerprint density at radius 1 is 1.18 bits per heavy atom. The second kappa shape index (κ2) is 12.1. The minimum Gasteiger partial charge on any atom is -0.469 e. The van der Waals surface area contributed by atoms with Crippen molar-refractivity contribution in [3.63, 3.8) is 0 Å². The van der Waals surface area contributed by atoms with Crippen LogP contribution in [0.4, 0.5) is 0 Å². The Balaban J connectivity index is 2.24. The molecule has 0 aromatic carbocycles. The topological polar surface area (TPSA) is 69.8 Å². The first-order valence-corrected chi connectivity index (χ1v) is 8.37. The summed E-state index contributed by atoms with van der Waals surface area (Å²) in [5.41, 5.74) is 0. The van der Waals surface area contributed by atoms with E-state index in [-0.39, 0.29) is 0 Å². The molecule has 0 unspecified atom stereocenters. The van der Waals surface area contributed by atoms with Gasteiger partial charge in [0.1, 0.15) is 5.76 Å². The summed E-state index contributed by atoms with van der Waals surface area (Å²) in [4.78, 5) is 4.60. The molecule has 22 heavy (non-hydrogen) atoms. The van der Waals surface area contributed by atoms with Crippen LogP contribution in [0.15, 0.2) is 27.8 Å². The molecule has 5 heteroatoms. The number of aliphatic hydroxyl groups is 1. The van der Waals surface area contributed by atoms with Crippen molar-refractivity contribution in [2.24, 2.45) is 10.9 Å². The largest absolute Gasteiger partial charge is 0.469 e. The molecule has 0 amide bonds. The number of nitrogens with one attached hydrogen (secondary N) is 2. The Kier molecular flexibility index (Phi) is 10.2. The Bertz CT molecular complexity index is 389. The number of unbranched alkanes of at least 4 members (excludes halogenated alkanes) is 3. The number of aliphatic imine (C=N–C) groups is 1. The van der Waals surface area contributed by atoms with Gasteiger partial charge in [0.25, 0.3) is 0 Å². The molecular weight excluding hydrogens is 278 g/mol. The van der Waals surface area contributed by atoms with Crippen molar-refractivity contribution in [2.75, 3.05) is 26.2 Å². The lowest BCUT2D eigenvalue weighted by Crippen LogP contribution is -2.39.